The number of carbonyl (C=O) groups excluding carboxylic acids is 3. The van der Waals surface area contributed by atoms with Gasteiger partial charge in [0, 0.05) is 19.3 Å². The van der Waals surface area contributed by atoms with E-state index in [4.69, 9.17) is 14.2 Å². The summed E-state index contributed by atoms with van der Waals surface area (Å²) in [6.07, 6.45) is 61.0. The van der Waals surface area contributed by atoms with Crippen molar-refractivity contribution in [1.29, 1.82) is 0 Å². The van der Waals surface area contributed by atoms with Gasteiger partial charge in [-0.15, -0.1) is 0 Å². The molecule has 0 aliphatic carbocycles. The number of allylic oxidation sites excluding steroid dienone is 8. The number of carbonyl (C=O) groups is 3. The van der Waals surface area contributed by atoms with Crippen molar-refractivity contribution in [3.8, 4) is 0 Å². The Bertz CT molecular complexity index is 1090. The van der Waals surface area contributed by atoms with Crippen LogP contribution in [0.4, 0.5) is 0 Å². The predicted molar refractivity (Wildman–Crippen MR) is 265 cm³/mol. The molecule has 6 heteroatoms. The maximum Gasteiger partial charge on any atom is 0.306 e. The quantitative estimate of drug-likeness (QED) is 0.0199. The first kappa shape index (κ1) is 59.4. The van der Waals surface area contributed by atoms with Gasteiger partial charge in [0.2, 0.25) is 0 Å². The number of hydrogen-bond acceptors (Lipinski definition) is 6. The zero-order valence-corrected chi connectivity index (χ0v) is 41.1. The van der Waals surface area contributed by atoms with Gasteiger partial charge >= 0.3 is 17.9 Å². The van der Waals surface area contributed by atoms with Crippen LogP contribution in [0.5, 0.6) is 0 Å². The molecule has 0 amide bonds. The summed E-state index contributed by atoms with van der Waals surface area (Å²) in [5.41, 5.74) is 0. The summed E-state index contributed by atoms with van der Waals surface area (Å²) < 4.78 is 16.8. The van der Waals surface area contributed by atoms with Crippen molar-refractivity contribution in [2.75, 3.05) is 13.2 Å². The van der Waals surface area contributed by atoms with Crippen molar-refractivity contribution in [3.05, 3.63) is 48.6 Å². The van der Waals surface area contributed by atoms with Crippen LogP contribution in [0, 0.1) is 0 Å². The average Bonchev–Trinajstić information content (AvgIpc) is 3.27. The van der Waals surface area contributed by atoms with Gasteiger partial charge in [-0.25, -0.2) is 0 Å². The van der Waals surface area contributed by atoms with E-state index in [1.807, 2.05) is 0 Å². The van der Waals surface area contributed by atoms with Crippen LogP contribution in [0.2, 0.25) is 0 Å². The summed E-state index contributed by atoms with van der Waals surface area (Å²) >= 11 is 0. The second-order valence-electron chi connectivity index (χ2n) is 17.8. The molecule has 1 atom stereocenters. The molecule has 0 aromatic rings. The summed E-state index contributed by atoms with van der Waals surface area (Å²) in [6, 6.07) is 0. The second kappa shape index (κ2) is 51.0. The number of ether oxygens (including phenoxy) is 3. The zero-order chi connectivity index (χ0) is 45.1. The van der Waals surface area contributed by atoms with Crippen LogP contribution in [0.15, 0.2) is 48.6 Å². The molecular formula is C56H100O6. The van der Waals surface area contributed by atoms with E-state index in [-0.39, 0.29) is 31.1 Å². The number of hydrogen-bond donors (Lipinski definition) is 0. The molecule has 0 radical (unpaired) electrons. The van der Waals surface area contributed by atoms with Gasteiger partial charge in [0.1, 0.15) is 13.2 Å². The second-order valence-corrected chi connectivity index (χ2v) is 17.8. The normalized spacial score (nSPS) is 12.4. The van der Waals surface area contributed by atoms with Crippen molar-refractivity contribution >= 4 is 17.9 Å². The van der Waals surface area contributed by atoms with Gasteiger partial charge in [-0.3, -0.25) is 14.4 Å². The molecule has 0 saturated heterocycles. The molecule has 0 aliphatic rings. The molecule has 6 nitrogen and oxygen atoms in total. The molecule has 0 fully saturated rings. The highest BCUT2D eigenvalue weighted by atomic mass is 16.6. The van der Waals surface area contributed by atoms with Crippen molar-refractivity contribution in [3.63, 3.8) is 0 Å². The summed E-state index contributed by atoms with van der Waals surface area (Å²) in [5.74, 6) is -0.921. The van der Waals surface area contributed by atoms with E-state index in [0.717, 1.165) is 77.0 Å². The van der Waals surface area contributed by atoms with Gasteiger partial charge in [0.05, 0.1) is 0 Å². The van der Waals surface area contributed by atoms with Crippen LogP contribution >= 0.6 is 0 Å². The van der Waals surface area contributed by atoms with E-state index in [1.54, 1.807) is 0 Å². The summed E-state index contributed by atoms with van der Waals surface area (Å²) in [4.78, 5) is 38.0. The van der Waals surface area contributed by atoms with Crippen molar-refractivity contribution in [2.24, 2.45) is 0 Å². The first-order chi connectivity index (χ1) is 30.5. The average molecular weight is 869 g/mol. The Morgan fingerprint density at radius 3 is 0.984 bits per heavy atom. The first-order valence-corrected chi connectivity index (χ1v) is 26.7. The SMILES string of the molecule is CCCC/C=C\C=C/CCCCCC(=O)OCC(COC(=O)CCCCCCC/C=C\CCCCCCCCCCC)OC(=O)CCCCCCCCC/C=C\CCCCCC. The van der Waals surface area contributed by atoms with E-state index in [2.05, 4.69) is 69.4 Å². The van der Waals surface area contributed by atoms with Crippen LogP contribution in [0.25, 0.3) is 0 Å². The third-order valence-corrected chi connectivity index (χ3v) is 11.6. The fourth-order valence-electron chi connectivity index (χ4n) is 7.47. The van der Waals surface area contributed by atoms with Crippen molar-refractivity contribution in [2.45, 2.75) is 277 Å². The van der Waals surface area contributed by atoms with Crippen LogP contribution in [-0.4, -0.2) is 37.2 Å². The summed E-state index contributed by atoms with van der Waals surface area (Å²) in [6.45, 7) is 6.55. The Kier molecular flexibility index (Phi) is 48.8. The third-order valence-electron chi connectivity index (χ3n) is 11.6. The minimum Gasteiger partial charge on any atom is -0.462 e. The molecule has 0 N–H and O–H groups in total. The van der Waals surface area contributed by atoms with Crippen molar-refractivity contribution < 1.29 is 28.6 Å². The molecule has 62 heavy (non-hydrogen) atoms. The molecule has 360 valence electrons. The largest absolute Gasteiger partial charge is 0.462 e. The van der Waals surface area contributed by atoms with Gasteiger partial charge in [-0.2, -0.15) is 0 Å². The van der Waals surface area contributed by atoms with Crippen LogP contribution in [-0.2, 0) is 28.6 Å². The number of esters is 3. The van der Waals surface area contributed by atoms with Gasteiger partial charge in [-0.05, 0) is 89.9 Å². The minimum absolute atomic E-state index is 0.0868. The third kappa shape index (κ3) is 48.4. The van der Waals surface area contributed by atoms with E-state index >= 15 is 0 Å². The van der Waals surface area contributed by atoms with Crippen LogP contribution in [0.3, 0.4) is 0 Å². The summed E-state index contributed by atoms with van der Waals surface area (Å²) in [5, 5.41) is 0. The van der Waals surface area contributed by atoms with Crippen LogP contribution < -0.4 is 0 Å². The van der Waals surface area contributed by atoms with Crippen molar-refractivity contribution in [1.82, 2.24) is 0 Å². The molecule has 0 heterocycles. The van der Waals surface area contributed by atoms with Gasteiger partial charge in [0.25, 0.3) is 0 Å². The van der Waals surface area contributed by atoms with E-state index in [1.165, 1.54) is 154 Å². The zero-order valence-electron chi connectivity index (χ0n) is 41.1. The first-order valence-electron chi connectivity index (χ1n) is 26.7. The smallest absolute Gasteiger partial charge is 0.306 e. The molecule has 0 saturated carbocycles. The minimum atomic E-state index is -0.787. The topological polar surface area (TPSA) is 78.9 Å². The fraction of sp³-hybridized carbons (Fsp3) is 0.804. The molecule has 0 aromatic heterocycles. The molecular weight excluding hydrogens is 769 g/mol. The number of rotatable bonds is 48. The predicted octanol–water partition coefficient (Wildman–Crippen LogP) is 17.5. The lowest BCUT2D eigenvalue weighted by Gasteiger charge is -2.18. The van der Waals surface area contributed by atoms with Gasteiger partial charge in [0.15, 0.2) is 6.10 Å². The Morgan fingerprint density at radius 2 is 0.597 bits per heavy atom. The molecule has 0 bridgehead atoms. The Hall–Kier alpha value is -2.63. The molecule has 0 spiro atoms. The van der Waals surface area contributed by atoms with E-state index in [9.17, 15) is 14.4 Å². The van der Waals surface area contributed by atoms with Crippen LogP contribution in [0.1, 0.15) is 271 Å². The Balaban J connectivity index is 4.37. The van der Waals surface area contributed by atoms with E-state index < -0.39 is 6.10 Å². The fourth-order valence-corrected chi connectivity index (χ4v) is 7.47. The molecule has 0 aromatic carbocycles. The van der Waals surface area contributed by atoms with Gasteiger partial charge < -0.3 is 14.2 Å². The lowest BCUT2D eigenvalue weighted by atomic mass is 10.1. The Morgan fingerprint density at radius 1 is 0.323 bits per heavy atom. The highest BCUT2D eigenvalue weighted by Gasteiger charge is 2.19. The lowest BCUT2D eigenvalue weighted by Crippen LogP contribution is -2.30. The highest BCUT2D eigenvalue weighted by molar-refractivity contribution is 5.71. The molecule has 1 unspecified atom stereocenters. The standard InChI is InChI=1S/C56H100O6/c1-4-7-10-13-16-19-22-24-26-27-28-30-31-34-37-40-43-46-49-55(58)61-52-53(51-60-54(57)48-45-42-39-36-33-21-18-15-12-9-6-3)62-56(59)50-47-44-41-38-35-32-29-25-23-20-17-14-11-8-5-2/h15,18,20-21,23,28,30,33,53H,4-14,16-17,19,22,24-27,29,31-32,34-52H2,1-3H3/b18-15-,23-20-,30-28-,33-21-. The lowest BCUT2D eigenvalue weighted by molar-refractivity contribution is -0.167. The molecule has 0 rings (SSSR count). The van der Waals surface area contributed by atoms with Gasteiger partial charge in [-0.1, -0.05) is 211 Å². The van der Waals surface area contributed by atoms with E-state index in [0.29, 0.717) is 19.3 Å². The maximum atomic E-state index is 12.8. The monoisotopic (exact) mass is 869 g/mol. The number of unbranched alkanes of at least 4 members (excludes halogenated alkanes) is 30. The molecule has 0 aliphatic heterocycles. The Labute approximate surface area is 384 Å². The summed E-state index contributed by atoms with van der Waals surface area (Å²) in [7, 11) is 0. The maximum absolute atomic E-state index is 12.8. The highest BCUT2D eigenvalue weighted by Crippen LogP contribution is 2.15.